The lowest BCUT2D eigenvalue weighted by molar-refractivity contribution is 0.739. The second-order valence-electron chi connectivity index (χ2n) is 9.96. The van der Waals surface area contributed by atoms with Gasteiger partial charge < -0.3 is 4.90 Å². The average Bonchev–Trinajstić information content (AvgIpc) is 2.90. The van der Waals surface area contributed by atoms with Gasteiger partial charge in [-0.05, 0) is 100 Å². The summed E-state index contributed by atoms with van der Waals surface area (Å²) in [6, 6.07) is 33.6. The minimum absolute atomic E-state index is 0.630. The molecule has 0 bridgehead atoms. The topological polar surface area (TPSA) is 3.24 Å². The number of fused-ring (bicyclic) bond motifs is 1. The zero-order chi connectivity index (χ0) is 23.8. The predicted molar refractivity (Wildman–Crippen MR) is 150 cm³/mol. The fourth-order valence-corrected chi connectivity index (χ4v) is 5.13. The summed E-state index contributed by atoms with van der Waals surface area (Å²) < 4.78 is 0. The molecule has 0 spiro atoms. The molecule has 0 radical (unpaired) electrons. The Kier molecular flexibility index (Phi) is 5.62. The molecule has 0 aliphatic heterocycles. The van der Waals surface area contributed by atoms with Crippen molar-refractivity contribution in [2.45, 2.75) is 26.2 Å². The minimum Gasteiger partial charge on any atom is -0.345 e. The van der Waals surface area contributed by atoms with Crippen LogP contribution >= 0.6 is 0 Å². The Morgan fingerprint density at radius 2 is 1.23 bits per heavy atom. The second-order valence-corrected chi connectivity index (χ2v) is 9.96. The average molecular weight is 454 g/mol. The fraction of sp³-hybridized carbons (Fsp3) is 0.176. The monoisotopic (exact) mass is 453 g/mol. The largest absolute Gasteiger partial charge is 0.345 e. The van der Waals surface area contributed by atoms with Gasteiger partial charge >= 0.3 is 0 Å². The van der Waals surface area contributed by atoms with Crippen LogP contribution in [0.3, 0.4) is 0 Å². The van der Waals surface area contributed by atoms with Gasteiger partial charge in [-0.25, -0.2) is 0 Å². The van der Waals surface area contributed by atoms with E-state index in [0.717, 1.165) is 6.42 Å². The predicted octanol–water partition coefficient (Wildman–Crippen LogP) is 8.87. The molecule has 4 aromatic carbocycles. The number of allylic oxidation sites excluding steroid dienone is 4. The third kappa shape index (κ3) is 4.35. The highest BCUT2D eigenvalue weighted by Gasteiger charge is 2.14. The van der Waals surface area contributed by atoms with Crippen molar-refractivity contribution in [1.29, 1.82) is 0 Å². The molecular formula is C34H31N. The van der Waals surface area contributed by atoms with Crippen LogP contribution in [0, 0.1) is 5.92 Å². The van der Waals surface area contributed by atoms with Crippen LogP contribution in [-0.2, 0) is 12.8 Å². The normalized spacial score (nSPS) is 16.3. The van der Waals surface area contributed by atoms with E-state index in [-0.39, 0.29) is 0 Å². The van der Waals surface area contributed by atoms with Gasteiger partial charge in [0.25, 0.3) is 0 Å². The van der Waals surface area contributed by atoms with Crippen molar-refractivity contribution >= 4 is 16.9 Å². The fourth-order valence-electron chi connectivity index (χ4n) is 5.13. The quantitative estimate of drug-likeness (QED) is 0.292. The van der Waals surface area contributed by atoms with Crippen LogP contribution in [0.1, 0.15) is 30.0 Å². The van der Waals surface area contributed by atoms with Gasteiger partial charge in [-0.3, -0.25) is 0 Å². The van der Waals surface area contributed by atoms with Gasteiger partial charge in [0.05, 0.1) is 0 Å². The number of aryl methyl sites for hydroxylation is 2. The molecule has 0 heterocycles. The van der Waals surface area contributed by atoms with Crippen molar-refractivity contribution in [2.24, 2.45) is 5.92 Å². The molecule has 4 aromatic rings. The smallest absolute Gasteiger partial charge is 0.0414 e. The standard InChI is InChI=1S/C34H31N/c1-24-12-14-25(15-13-24)27-6-3-7-28(20-27)29-8-4-10-33(22-29)35(2)34-11-5-9-30(23-34)32-19-17-26-16-18-31(26)21-32/h3-12,14-15,17,19-24H,13,16,18H2,1-2H3. The van der Waals surface area contributed by atoms with E-state index in [1.165, 1.54) is 68.7 Å². The molecule has 0 aromatic heterocycles. The van der Waals surface area contributed by atoms with Crippen LogP contribution in [0.5, 0.6) is 0 Å². The number of benzene rings is 4. The van der Waals surface area contributed by atoms with E-state index in [0.29, 0.717) is 5.92 Å². The molecule has 1 atom stereocenters. The summed E-state index contributed by atoms with van der Waals surface area (Å²) in [4.78, 5) is 2.28. The number of hydrogen-bond donors (Lipinski definition) is 0. The van der Waals surface area contributed by atoms with Gasteiger partial charge in [-0.1, -0.05) is 85.8 Å². The molecule has 2 aliphatic carbocycles. The highest BCUT2D eigenvalue weighted by Crippen LogP contribution is 2.34. The summed E-state index contributed by atoms with van der Waals surface area (Å²) >= 11 is 0. The molecule has 172 valence electrons. The van der Waals surface area contributed by atoms with Gasteiger partial charge in [-0.15, -0.1) is 0 Å². The molecule has 1 heteroatoms. The summed E-state index contributed by atoms with van der Waals surface area (Å²) in [5, 5.41) is 0. The van der Waals surface area contributed by atoms with Crippen LogP contribution in [0.25, 0.3) is 27.8 Å². The Labute approximate surface area is 209 Å². The molecular weight excluding hydrogens is 422 g/mol. The summed E-state index contributed by atoms with van der Waals surface area (Å²) in [5.41, 5.74) is 13.1. The Hall–Kier alpha value is -3.84. The van der Waals surface area contributed by atoms with Crippen LogP contribution in [0.2, 0.25) is 0 Å². The van der Waals surface area contributed by atoms with Gasteiger partial charge in [-0.2, -0.15) is 0 Å². The molecule has 0 N–H and O–H groups in total. The number of anilines is 2. The lowest BCUT2D eigenvalue weighted by Crippen LogP contribution is -2.09. The van der Waals surface area contributed by atoms with Crippen molar-refractivity contribution in [2.75, 3.05) is 11.9 Å². The highest BCUT2D eigenvalue weighted by molar-refractivity contribution is 5.80. The third-order valence-electron chi connectivity index (χ3n) is 7.51. The molecule has 0 saturated carbocycles. The molecule has 6 rings (SSSR count). The first kappa shape index (κ1) is 21.7. The van der Waals surface area contributed by atoms with Crippen LogP contribution in [0.4, 0.5) is 11.4 Å². The summed E-state index contributed by atoms with van der Waals surface area (Å²) in [6.07, 6.45) is 10.5. The molecule has 1 nitrogen and oxygen atoms in total. The van der Waals surface area contributed by atoms with Crippen molar-refractivity contribution in [3.8, 4) is 22.3 Å². The van der Waals surface area contributed by atoms with Crippen LogP contribution in [0.15, 0.2) is 109 Å². The number of rotatable bonds is 5. The van der Waals surface area contributed by atoms with E-state index in [4.69, 9.17) is 0 Å². The lowest BCUT2D eigenvalue weighted by atomic mass is 9.86. The zero-order valence-electron chi connectivity index (χ0n) is 20.5. The van der Waals surface area contributed by atoms with E-state index in [1.54, 1.807) is 0 Å². The van der Waals surface area contributed by atoms with Crippen LogP contribution < -0.4 is 4.90 Å². The number of hydrogen-bond acceptors (Lipinski definition) is 1. The first-order chi connectivity index (χ1) is 17.1. The zero-order valence-corrected chi connectivity index (χ0v) is 20.5. The Balaban J connectivity index is 1.28. The minimum atomic E-state index is 0.630. The highest BCUT2D eigenvalue weighted by atomic mass is 15.1. The van der Waals surface area contributed by atoms with Crippen molar-refractivity contribution < 1.29 is 0 Å². The molecule has 0 saturated heterocycles. The van der Waals surface area contributed by atoms with E-state index < -0.39 is 0 Å². The first-order valence-electron chi connectivity index (χ1n) is 12.7. The summed E-state index contributed by atoms with van der Waals surface area (Å²) in [6.45, 7) is 2.27. The Morgan fingerprint density at radius 3 is 1.83 bits per heavy atom. The second kappa shape index (κ2) is 9.07. The van der Waals surface area contributed by atoms with Crippen molar-refractivity contribution in [1.82, 2.24) is 0 Å². The van der Waals surface area contributed by atoms with Crippen molar-refractivity contribution in [3.05, 3.63) is 126 Å². The molecule has 0 amide bonds. The van der Waals surface area contributed by atoms with Crippen molar-refractivity contribution in [3.63, 3.8) is 0 Å². The number of nitrogens with zero attached hydrogens (tertiary/aromatic N) is 1. The van der Waals surface area contributed by atoms with Crippen LogP contribution in [-0.4, -0.2) is 7.05 Å². The summed E-state index contributed by atoms with van der Waals surface area (Å²) in [7, 11) is 2.16. The maximum atomic E-state index is 2.36. The van der Waals surface area contributed by atoms with Gasteiger partial charge in [0.2, 0.25) is 0 Å². The van der Waals surface area contributed by atoms with E-state index in [1.807, 2.05) is 0 Å². The maximum absolute atomic E-state index is 2.36. The van der Waals surface area contributed by atoms with Gasteiger partial charge in [0, 0.05) is 18.4 Å². The SMILES string of the molecule is CC1C=CC(c2cccc(-c3cccc(N(C)c4cccc(-c5ccc6c(c5)CC6)c4)c3)c2)=CC1. The lowest BCUT2D eigenvalue weighted by Gasteiger charge is -2.22. The molecule has 0 fully saturated rings. The molecule has 35 heavy (non-hydrogen) atoms. The maximum Gasteiger partial charge on any atom is 0.0414 e. The van der Waals surface area contributed by atoms with E-state index in [9.17, 15) is 0 Å². The third-order valence-corrected chi connectivity index (χ3v) is 7.51. The summed E-state index contributed by atoms with van der Waals surface area (Å²) in [5.74, 6) is 0.630. The Bertz CT molecular complexity index is 1460. The Morgan fingerprint density at radius 1 is 0.629 bits per heavy atom. The van der Waals surface area contributed by atoms with Gasteiger partial charge in [0.15, 0.2) is 0 Å². The molecule has 2 aliphatic rings. The molecule has 1 unspecified atom stereocenters. The van der Waals surface area contributed by atoms with E-state index >= 15 is 0 Å². The van der Waals surface area contributed by atoms with Gasteiger partial charge in [0.1, 0.15) is 0 Å². The first-order valence-corrected chi connectivity index (χ1v) is 12.7. The van der Waals surface area contributed by atoms with E-state index in [2.05, 4.69) is 128 Å².